The molecule has 0 fully saturated rings. The number of nitrogen functional groups attached to an aromatic ring is 1. The molecule has 1 aliphatic heterocycles. The van der Waals surface area contributed by atoms with E-state index in [4.69, 9.17) is 5.73 Å². The smallest absolute Gasteiger partial charge is 0.276 e. The second-order valence-corrected chi connectivity index (χ2v) is 5.45. The lowest BCUT2D eigenvalue weighted by atomic mass is 10.0. The summed E-state index contributed by atoms with van der Waals surface area (Å²) in [5.74, 6) is -0.00347. The largest absolute Gasteiger partial charge is 0.399 e. The summed E-state index contributed by atoms with van der Waals surface area (Å²) in [4.78, 5) is 14.7. The zero-order valence-corrected chi connectivity index (χ0v) is 12.5. The second kappa shape index (κ2) is 5.24. The molecular weight excluding hydrogens is 264 g/mol. The molecule has 0 aliphatic carbocycles. The number of carbonyl (C=O) groups excluding carboxylic acids is 1. The van der Waals surface area contributed by atoms with Crippen molar-refractivity contribution < 1.29 is 4.79 Å². The number of benzene rings is 1. The minimum atomic E-state index is -0.00347. The molecule has 0 spiro atoms. The van der Waals surface area contributed by atoms with Gasteiger partial charge in [0.25, 0.3) is 5.91 Å². The number of hydrogen-bond acceptors (Lipinski definition) is 3. The molecule has 3 rings (SSSR count). The summed E-state index contributed by atoms with van der Waals surface area (Å²) in [5, 5.41) is 4.36. The van der Waals surface area contributed by atoms with E-state index in [1.54, 1.807) is 4.68 Å². The van der Waals surface area contributed by atoms with Crippen molar-refractivity contribution in [1.29, 1.82) is 0 Å². The molecule has 1 aliphatic rings. The first-order valence-electron chi connectivity index (χ1n) is 7.33. The Labute approximate surface area is 124 Å². The number of nitrogens with two attached hydrogens (primary N) is 1. The quantitative estimate of drug-likeness (QED) is 0.859. The van der Waals surface area contributed by atoms with Crippen molar-refractivity contribution in [3.05, 3.63) is 41.2 Å². The maximum absolute atomic E-state index is 12.8. The highest BCUT2D eigenvalue weighted by atomic mass is 16.2. The van der Waals surface area contributed by atoms with E-state index in [9.17, 15) is 4.79 Å². The summed E-state index contributed by atoms with van der Waals surface area (Å²) in [7, 11) is 1.82. The Morgan fingerprint density at radius 3 is 2.90 bits per heavy atom. The molecule has 0 bridgehead atoms. The molecule has 5 heteroatoms. The Bertz CT molecular complexity index is 690. The topological polar surface area (TPSA) is 64.2 Å². The fourth-order valence-corrected chi connectivity index (χ4v) is 2.84. The minimum Gasteiger partial charge on any atom is -0.399 e. The highest BCUT2D eigenvalue weighted by Crippen LogP contribution is 2.30. The molecule has 0 unspecified atom stereocenters. The van der Waals surface area contributed by atoms with E-state index in [0.29, 0.717) is 11.4 Å². The number of carbonyl (C=O) groups is 1. The summed E-state index contributed by atoms with van der Waals surface area (Å²) in [5.41, 5.74) is 10.3. The summed E-state index contributed by atoms with van der Waals surface area (Å²) in [6.45, 7) is 2.76. The van der Waals surface area contributed by atoms with Crippen LogP contribution in [0.3, 0.4) is 0 Å². The van der Waals surface area contributed by atoms with Crippen molar-refractivity contribution >= 4 is 17.3 Å². The van der Waals surface area contributed by atoms with Crippen LogP contribution in [0.25, 0.3) is 0 Å². The molecule has 0 saturated heterocycles. The van der Waals surface area contributed by atoms with Crippen LogP contribution in [0.5, 0.6) is 0 Å². The molecule has 1 amide bonds. The standard InChI is InChI=1S/C16H20N4O/c1-3-13-10-15(19(2)18-13)16(21)20-8-4-5-11-6-7-12(17)9-14(11)20/h6-7,9-10H,3-5,8,17H2,1-2H3. The van der Waals surface area contributed by atoms with E-state index in [0.717, 1.165) is 37.2 Å². The Hall–Kier alpha value is -2.30. The first-order valence-corrected chi connectivity index (χ1v) is 7.33. The van der Waals surface area contributed by atoms with Crippen LogP contribution in [0.15, 0.2) is 24.3 Å². The van der Waals surface area contributed by atoms with Crippen molar-refractivity contribution in [2.24, 2.45) is 7.05 Å². The Balaban J connectivity index is 1.99. The van der Waals surface area contributed by atoms with Crippen molar-refractivity contribution in [2.75, 3.05) is 17.2 Å². The summed E-state index contributed by atoms with van der Waals surface area (Å²) >= 11 is 0. The third-order valence-electron chi connectivity index (χ3n) is 3.98. The molecule has 0 saturated carbocycles. The third-order valence-corrected chi connectivity index (χ3v) is 3.98. The van der Waals surface area contributed by atoms with Gasteiger partial charge in [-0.1, -0.05) is 13.0 Å². The predicted molar refractivity (Wildman–Crippen MR) is 83.4 cm³/mol. The number of anilines is 2. The van der Waals surface area contributed by atoms with Gasteiger partial charge in [0.05, 0.1) is 5.69 Å². The summed E-state index contributed by atoms with van der Waals surface area (Å²) in [6.07, 6.45) is 2.79. The zero-order valence-electron chi connectivity index (χ0n) is 12.5. The molecule has 2 N–H and O–H groups in total. The lowest BCUT2D eigenvalue weighted by Gasteiger charge is -2.29. The zero-order chi connectivity index (χ0) is 15.0. The monoisotopic (exact) mass is 284 g/mol. The van der Waals surface area contributed by atoms with Crippen LogP contribution >= 0.6 is 0 Å². The Kier molecular flexibility index (Phi) is 3.41. The molecule has 2 aromatic rings. The van der Waals surface area contributed by atoms with Crippen LogP contribution in [-0.4, -0.2) is 22.2 Å². The van der Waals surface area contributed by atoms with Crippen molar-refractivity contribution in [3.63, 3.8) is 0 Å². The molecule has 1 aromatic heterocycles. The molecule has 5 nitrogen and oxygen atoms in total. The van der Waals surface area contributed by atoms with Crippen LogP contribution in [0.1, 0.15) is 35.1 Å². The van der Waals surface area contributed by atoms with Crippen molar-refractivity contribution in [3.8, 4) is 0 Å². The van der Waals surface area contributed by atoms with Gasteiger partial charge in [-0.3, -0.25) is 9.48 Å². The molecule has 2 heterocycles. The lowest BCUT2D eigenvalue weighted by Crippen LogP contribution is -2.36. The van der Waals surface area contributed by atoms with E-state index in [-0.39, 0.29) is 5.91 Å². The van der Waals surface area contributed by atoms with Crippen LogP contribution in [0, 0.1) is 0 Å². The highest BCUT2D eigenvalue weighted by molar-refractivity contribution is 6.06. The molecule has 0 radical (unpaired) electrons. The third kappa shape index (κ3) is 2.39. The number of nitrogens with zero attached hydrogens (tertiary/aromatic N) is 3. The van der Waals surface area contributed by atoms with Gasteiger partial charge < -0.3 is 10.6 Å². The van der Waals surface area contributed by atoms with Crippen LogP contribution in [0.4, 0.5) is 11.4 Å². The molecule has 0 atom stereocenters. The van der Waals surface area contributed by atoms with E-state index in [1.165, 1.54) is 5.56 Å². The van der Waals surface area contributed by atoms with Gasteiger partial charge in [0.2, 0.25) is 0 Å². The first-order chi connectivity index (χ1) is 10.1. The summed E-state index contributed by atoms with van der Waals surface area (Å²) < 4.78 is 1.67. The van der Waals surface area contributed by atoms with E-state index in [1.807, 2.05) is 43.1 Å². The van der Waals surface area contributed by atoms with Gasteiger partial charge in [-0.05, 0) is 43.0 Å². The predicted octanol–water partition coefficient (Wildman–Crippen LogP) is 2.16. The van der Waals surface area contributed by atoms with Gasteiger partial charge in [0.15, 0.2) is 0 Å². The van der Waals surface area contributed by atoms with Gasteiger partial charge >= 0.3 is 0 Å². The number of rotatable bonds is 2. The van der Waals surface area contributed by atoms with Crippen molar-refractivity contribution in [2.45, 2.75) is 26.2 Å². The fourth-order valence-electron chi connectivity index (χ4n) is 2.84. The Morgan fingerprint density at radius 1 is 1.38 bits per heavy atom. The molecule has 110 valence electrons. The number of hydrogen-bond donors (Lipinski definition) is 1. The van der Waals surface area contributed by atoms with E-state index in [2.05, 4.69) is 5.10 Å². The maximum Gasteiger partial charge on any atom is 0.276 e. The maximum atomic E-state index is 12.8. The number of fused-ring (bicyclic) bond motifs is 1. The van der Waals surface area contributed by atoms with Gasteiger partial charge in [-0.15, -0.1) is 0 Å². The number of aromatic nitrogens is 2. The Morgan fingerprint density at radius 2 is 2.19 bits per heavy atom. The van der Waals surface area contributed by atoms with Crippen LogP contribution < -0.4 is 10.6 Å². The minimum absolute atomic E-state index is 0.00347. The van der Waals surface area contributed by atoms with E-state index < -0.39 is 0 Å². The SMILES string of the molecule is CCc1cc(C(=O)N2CCCc3ccc(N)cc32)n(C)n1. The average Bonchev–Trinajstić information content (AvgIpc) is 2.87. The molecular formula is C16H20N4O. The number of amides is 1. The van der Waals surface area contributed by atoms with Gasteiger partial charge in [0.1, 0.15) is 5.69 Å². The van der Waals surface area contributed by atoms with Crippen LogP contribution in [-0.2, 0) is 19.9 Å². The average molecular weight is 284 g/mol. The highest BCUT2D eigenvalue weighted by Gasteiger charge is 2.26. The number of aryl methyl sites for hydroxylation is 3. The second-order valence-electron chi connectivity index (χ2n) is 5.45. The van der Waals surface area contributed by atoms with Crippen LogP contribution in [0.2, 0.25) is 0 Å². The van der Waals surface area contributed by atoms with Gasteiger partial charge in [0, 0.05) is 25.0 Å². The molecule has 1 aromatic carbocycles. The van der Waals surface area contributed by atoms with E-state index >= 15 is 0 Å². The van der Waals surface area contributed by atoms with Gasteiger partial charge in [-0.2, -0.15) is 5.10 Å². The molecule has 21 heavy (non-hydrogen) atoms. The van der Waals surface area contributed by atoms with Crippen molar-refractivity contribution in [1.82, 2.24) is 9.78 Å². The fraction of sp³-hybridized carbons (Fsp3) is 0.375. The summed E-state index contributed by atoms with van der Waals surface area (Å²) in [6, 6.07) is 7.68. The normalized spacial score (nSPS) is 14.1. The van der Waals surface area contributed by atoms with Gasteiger partial charge in [-0.25, -0.2) is 0 Å². The lowest BCUT2D eigenvalue weighted by molar-refractivity contribution is 0.0976. The first kappa shape index (κ1) is 13.7.